The number of H-pyrrole nitrogens is 1. The largest absolute Gasteiger partial charge is 0.382 e. The van der Waals surface area contributed by atoms with Crippen LogP contribution in [0.2, 0.25) is 0 Å². The molecule has 2 aromatic heterocycles. The molecular formula is C32H37N3O5. The van der Waals surface area contributed by atoms with Crippen molar-refractivity contribution < 1.29 is 24.1 Å². The van der Waals surface area contributed by atoms with E-state index < -0.39 is 40.0 Å². The first-order valence-electron chi connectivity index (χ1n) is 14.5. The second-order valence-corrected chi connectivity index (χ2v) is 13.6. The maximum atomic E-state index is 13.5. The summed E-state index contributed by atoms with van der Waals surface area (Å²) < 4.78 is 21.7. The predicted molar refractivity (Wildman–Crippen MR) is 147 cm³/mol. The van der Waals surface area contributed by atoms with Gasteiger partial charge in [-0.2, -0.15) is 0 Å². The van der Waals surface area contributed by atoms with E-state index in [4.69, 9.17) is 14.2 Å². The first kappa shape index (κ1) is 25.0. The molecule has 4 heterocycles. The summed E-state index contributed by atoms with van der Waals surface area (Å²) in [7, 11) is 1.94. The van der Waals surface area contributed by atoms with Crippen molar-refractivity contribution in [3.05, 3.63) is 65.4 Å². The van der Waals surface area contributed by atoms with Crippen LogP contribution in [0.5, 0.6) is 0 Å². The minimum Gasteiger partial charge on any atom is -0.382 e. The molecule has 3 fully saturated rings. The lowest BCUT2D eigenvalue weighted by atomic mass is 9.41. The van der Waals surface area contributed by atoms with Crippen LogP contribution in [0.3, 0.4) is 0 Å². The van der Waals surface area contributed by atoms with Crippen molar-refractivity contribution in [1.82, 2.24) is 14.5 Å². The molecule has 3 aromatic rings. The smallest absolute Gasteiger partial charge is 0.195 e. The van der Waals surface area contributed by atoms with Gasteiger partial charge < -0.3 is 28.9 Å². The number of nitrogens with zero attached hydrogens (tertiary/aromatic N) is 2. The Balaban J connectivity index is 1.32. The predicted octanol–water partition coefficient (Wildman–Crippen LogP) is 4.25. The molecule has 2 aliphatic heterocycles. The van der Waals surface area contributed by atoms with Crippen molar-refractivity contribution in [2.24, 2.45) is 18.4 Å². The highest BCUT2D eigenvalue weighted by Crippen LogP contribution is 2.72. The number of carbonyl (C=O) groups is 1. The van der Waals surface area contributed by atoms with Gasteiger partial charge in [0.15, 0.2) is 17.7 Å². The van der Waals surface area contributed by atoms with Crippen molar-refractivity contribution in [1.29, 1.82) is 0 Å². The number of benzene rings is 1. The molecule has 8 heteroatoms. The number of fused-ring (bicyclic) bond motifs is 9. The molecule has 40 heavy (non-hydrogen) atoms. The van der Waals surface area contributed by atoms with Gasteiger partial charge in [-0.25, -0.2) is 4.98 Å². The lowest BCUT2D eigenvalue weighted by Crippen LogP contribution is -2.74. The van der Waals surface area contributed by atoms with Gasteiger partial charge in [0.25, 0.3) is 0 Å². The third-order valence-corrected chi connectivity index (χ3v) is 11.6. The number of aromatic nitrogens is 3. The third-order valence-electron chi connectivity index (χ3n) is 11.6. The summed E-state index contributed by atoms with van der Waals surface area (Å²) in [4.78, 5) is 21.8. The normalized spacial score (nSPS) is 40.9. The Kier molecular flexibility index (Phi) is 4.70. The van der Waals surface area contributed by atoms with Crippen LogP contribution in [0.4, 0.5) is 0 Å². The monoisotopic (exact) mass is 543 g/mol. The van der Waals surface area contributed by atoms with Crippen molar-refractivity contribution in [2.45, 2.75) is 94.6 Å². The molecule has 0 unspecified atom stereocenters. The molecular weight excluding hydrogens is 506 g/mol. The van der Waals surface area contributed by atoms with Crippen LogP contribution in [0, 0.1) is 11.3 Å². The van der Waals surface area contributed by atoms with Crippen molar-refractivity contribution in [3.63, 3.8) is 0 Å². The average Bonchev–Trinajstić information content (AvgIpc) is 3.62. The van der Waals surface area contributed by atoms with Gasteiger partial charge in [-0.05, 0) is 56.7 Å². The highest BCUT2D eigenvalue weighted by Gasteiger charge is 2.78. The molecule has 1 spiro atoms. The number of imidazole rings is 1. The Hall–Kier alpha value is -2.78. The average molecular weight is 544 g/mol. The van der Waals surface area contributed by atoms with E-state index in [1.54, 1.807) is 12.3 Å². The van der Waals surface area contributed by atoms with Gasteiger partial charge in [0.1, 0.15) is 23.6 Å². The maximum Gasteiger partial charge on any atom is 0.195 e. The summed E-state index contributed by atoms with van der Waals surface area (Å²) in [6.45, 7) is 8.57. The SMILES string of the molecule is Cn1ccnc1CO[C@H]1C[C@H]2Cc3c([nH]c4ccccc34)[C@]2(C)[C@@]2(C)CC[C@@]34O[C@@H](C(=O)C=C3[C@]12O)C(C)(C)O4. The molecule has 1 saturated heterocycles. The molecule has 0 radical (unpaired) electrons. The van der Waals surface area contributed by atoms with Gasteiger partial charge in [-0.3, -0.25) is 4.79 Å². The Bertz CT molecular complexity index is 1620. The lowest BCUT2D eigenvalue weighted by molar-refractivity contribution is -0.282. The summed E-state index contributed by atoms with van der Waals surface area (Å²) in [5, 5.41) is 14.6. The molecule has 210 valence electrons. The minimum atomic E-state index is -1.51. The Morgan fingerprint density at radius 3 is 2.77 bits per heavy atom. The van der Waals surface area contributed by atoms with Gasteiger partial charge in [-0.1, -0.05) is 32.0 Å². The first-order valence-corrected chi connectivity index (χ1v) is 14.5. The molecule has 0 amide bonds. The maximum absolute atomic E-state index is 13.5. The number of aromatic amines is 1. The number of rotatable bonds is 3. The molecule has 1 aromatic carbocycles. The standard InChI is InChI=1S/C32H37N3O5/c1-28(2)27-22(36)16-23-31(39-27,40-28)11-10-29(3)30(4)18(14-20-19-8-6-7-9-21(19)34-26(20)30)15-24(32(23,29)37)38-17-25-33-12-13-35(25)5/h6-9,12-13,16,18,24,27,34,37H,10-11,14-15,17H2,1-5H3/t18-,24+,27+,29-,30-,31+,32+/m1/s1. The van der Waals surface area contributed by atoms with Gasteiger partial charge in [-0.15, -0.1) is 0 Å². The summed E-state index contributed by atoms with van der Waals surface area (Å²) in [6.07, 6.45) is 6.79. The molecule has 5 aliphatic rings. The molecule has 2 N–H and O–H groups in total. The lowest BCUT2D eigenvalue weighted by Gasteiger charge is -2.67. The number of aryl methyl sites for hydroxylation is 1. The van der Waals surface area contributed by atoms with Gasteiger partial charge in [0.2, 0.25) is 0 Å². The highest BCUT2D eigenvalue weighted by atomic mass is 16.8. The second-order valence-electron chi connectivity index (χ2n) is 13.6. The first-order chi connectivity index (χ1) is 18.9. The van der Waals surface area contributed by atoms with E-state index in [2.05, 4.69) is 48.1 Å². The van der Waals surface area contributed by atoms with Gasteiger partial charge >= 0.3 is 0 Å². The van der Waals surface area contributed by atoms with Crippen LogP contribution in [0.1, 0.15) is 64.0 Å². The van der Waals surface area contributed by atoms with Gasteiger partial charge in [0, 0.05) is 58.9 Å². The van der Waals surface area contributed by atoms with Crippen LogP contribution >= 0.6 is 0 Å². The Morgan fingerprint density at radius 2 is 2.00 bits per heavy atom. The fourth-order valence-electron chi connectivity index (χ4n) is 9.30. The Morgan fingerprint density at radius 1 is 1.20 bits per heavy atom. The number of aliphatic hydroxyl groups is 1. The molecule has 7 atom stereocenters. The fourth-order valence-corrected chi connectivity index (χ4v) is 9.30. The molecule has 2 bridgehead atoms. The number of para-hydroxylation sites is 1. The van der Waals surface area contributed by atoms with Crippen LogP contribution < -0.4 is 0 Å². The van der Waals surface area contributed by atoms with E-state index in [9.17, 15) is 9.90 Å². The summed E-state index contributed by atoms with van der Waals surface area (Å²) >= 11 is 0. The van der Waals surface area contributed by atoms with Crippen LogP contribution in [-0.4, -0.2) is 54.6 Å². The van der Waals surface area contributed by atoms with E-state index >= 15 is 0 Å². The van der Waals surface area contributed by atoms with Crippen molar-refractivity contribution >= 4 is 16.7 Å². The summed E-state index contributed by atoms with van der Waals surface area (Å²) in [6, 6.07) is 8.47. The molecule has 8 nitrogen and oxygen atoms in total. The topological polar surface area (TPSA) is 98.6 Å². The molecule has 8 rings (SSSR count). The van der Waals surface area contributed by atoms with E-state index in [0.29, 0.717) is 24.8 Å². The highest BCUT2D eigenvalue weighted by molar-refractivity contribution is 5.97. The second kappa shape index (κ2) is 7.53. The summed E-state index contributed by atoms with van der Waals surface area (Å²) in [5.41, 5.74) is 0.810. The number of ketones is 1. The van der Waals surface area contributed by atoms with E-state index in [1.807, 2.05) is 31.7 Å². The van der Waals surface area contributed by atoms with E-state index in [1.165, 1.54) is 16.6 Å². The quantitative estimate of drug-likeness (QED) is 0.513. The van der Waals surface area contributed by atoms with Crippen LogP contribution in [-0.2, 0) is 44.5 Å². The molecule has 2 saturated carbocycles. The summed E-state index contributed by atoms with van der Waals surface area (Å²) in [5.74, 6) is -0.265. The number of carbonyl (C=O) groups excluding carboxylic acids is 1. The van der Waals surface area contributed by atoms with Crippen LogP contribution in [0.25, 0.3) is 10.9 Å². The van der Waals surface area contributed by atoms with Crippen molar-refractivity contribution in [2.75, 3.05) is 0 Å². The minimum absolute atomic E-state index is 0.154. The molecule has 3 aliphatic carbocycles. The zero-order valence-corrected chi connectivity index (χ0v) is 23.8. The number of ether oxygens (including phenoxy) is 3. The van der Waals surface area contributed by atoms with Crippen molar-refractivity contribution in [3.8, 4) is 0 Å². The third kappa shape index (κ3) is 2.72. The number of hydrogen-bond acceptors (Lipinski definition) is 6. The van der Waals surface area contributed by atoms with E-state index in [0.717, 1.165) is 17.8 Å². The van der Waals surface area contributed by atoms with Crippen LogP contribution in [0.15, 0.2) is 48.3 Å². The number of nitrogens with one attached hydrogen (secondary N) is 1. The zero-order chi connectivity index (χ0) is 27.9. The fraction of sp³-hybridized carbons (Fsp3) is 0.562. The zero-order valence-electron chi connectivity index (χ0n) is 23.8. The Labute approximate surface area is 233 Å². The van der Waals surface area contributed by atoms with Gasteiger partial charge in [0.05, 0.1) is 6.10 Å². The van der Waals surface area contributed by atoms with E-state index in [-0.39, 0.29) is 18.3 Å². The number of hydrogen-bond donors (Lipinski definition) is 2.